The number of ether oxygens (including phenoxy) is 1. The summed E-state index contributed by atoms with van der Waals surface area (Å²) in [5, 5.41) is 8.76. The molecule has 1 N–H and O–H groups in total. The molecular formula is C16H28O4. The van der Waals surface area contributed by atoms with Crippen molar-refractivity contribution in [2.75, 3.05) is 0 Å². The Morgan fingerprint density at radius 2 is 1.75 bits per heavy atom. The van der Waals surface area contributed by atoms with Gasteiger partial charge in [0.15, 0.2) is 0 Å². The second-order valence-electron chi connectivity index (χ2n) is 5.93. The van der Waals surface area contributed by atoms with Crippen LogP contribution in [-0.2, 0) is 14.3 Å². The molecule has 4 heteroatoms. The van der Waals surface area contributed by atoms with Gasteiger partial charge in [-0.1, -0.05) is 39.2 Å². The molecule has 0 spiro atoms. The van der Waals surface area contributed by atoms with Crippen LogP contribution in [-0.4, -0.2) is 22.6 Å². The number of hydrogen-bond acceptors (Lipinski definition) is 3. The molecule has 0 aromatic rings. The largest absolute Gasteiger partial charge is 0.481 e. The summed E-state index contributed by atoms with van der Waals surface area (Å²) >= 11 is 0. The number of carboxylic acids is 1. The Hall–Kier alpha value is -1.32. The van der Waals surface area contributed by atoms with Crippen LogP contribution in [0.25, 0.3) is 0 Å². The highest BCUT2D eigenvalue weighted by molar-refractivity contribution is 5.81. The van der Waals surface area contributed by atoms with Crippen LogP contribution in [0.3, 0.4) is 0 Å². The predicted octanol–water partition coefficient (Wildman–Crippen LogP) is 3.95. The second-order valence-corrected chi connectivity index (χ2v) is 5.93. The van der Waals surface area contributed by atoms with Gasteiger partial charge in [0.1, 0.15) is 5.60 Å². The summed E-state index contributed by atoms with van der Waals surface area (Å²) < 4.78 is 5.25. The van der Waals surface area contributed by atoms with E-state index in [1.54, 1.807) is 6.92 Å². The van der Waals surface area contributed by atoms with Gasteiger partial charge in [0.05, 0.1) is 5.92 Å². The van der Waals surface area contributed by atoms with Crippen molar-refractivity contribution in [3.05, 3.63) is 12.7 Å². The summed E-state index contributed by atoms with van der Waals surface area (Å²) in [5.41, 5.74) is -0.441. The molecule has 20 heavy (non-hydrogen) atoms. The van der Waals surface area contributed by atoms with Crippen LogP contribution in [0.2, 0.25) is 0 Å². The fourth-order valence-corrected chi connectivity index (χ4v) is 2.02. The number of rotatable bonds is 11. The Morgan fingerprint density at radius 1 is 1.20 bits per heavy atom. The molecule has 0 aliphatic rings. The lowest BCUT2D eigenvalue weighted by atomic mass is 9.98. The Kier molecular flexibility index (Phi) is 8.93. The Labute approximate surface area is 122 Å². The van der Waals surface area contributed by atoms with E-state index in [1.165, 1.54) is 6.08 Å². The van der Waals surface area contributed by atoms with Crippen molar-refractivity contribution >= 4 is 11.9 Å². The van der Waals surface area contributed by atoms with Gasteiger partial charge < -0.3 is 9.84 Å². The fraction of sp³-hybridized carbons (Fsp3) is 0.750. The van der Waals surface area contributed by atoms with Crippen molar-refractivity contribution in [2.24, 2.45) is 5.92 Å². The molecule has 0 saturated heterocycles. The predicted molar refractivity (Wildman–Crippen MR) is 79.5 cm³/mol. The third-order valence-electron chi connectivity index (χ3n) is 3.38. The van der Waals surface area contributed by atoms with Gasteiger partial charge in [0.25, 0.3) is 0 Å². The van der Waals surface area contributed by atoms with Crippen LogP contribution in [0, 0.1) is 5.92 Å². The van der Waals surface area contributed by atoms with Crippen LogP contribution >= 0.6 is 0 Å². The lowest BCUT2D eigenvalue weighted by Crippen LogP contribution is -2.27. The molecule has 1 unspecified atom stereocenters. The standard InChI is InChI=1S/C16H28O4/c1-5-14(17)20-16(3,4)12-10-8-6-7-9-11-13(2)15(18)19/h5,13H,1,6-12H2,2-4H3,(H,18,19). The zero-order valence-corrected chi connectivity index (χ0v) is 13.0. The third-order valence-corrected chi connectivity index (χ3v) is 3.38. The molecule has 0 radical (unpaired) electrons. The summed E-state index contributed by atoms with van der Waals surface area (Å²) in [5.74, 6) is -1.33. The minimum absolute atomic E-state index is 0.243. The summed E-state index contributed by atoms with van der Waals surface area (Å²) in [4.78, 5) is 21.8. The van der Waals surface area contributed by atoms with E-state index in [2.05, 4.69) is 6.58 Å². The number of carbonyl (C=O) groups excluding carboxylic acids is 1. The van der Waals surface area contributed by atoms with Gasteiger partial charge in [-0.2, -0.15) is 0 Å². The van der Waals surface area contributed by atoms with E-state index in [-0.39, 0.29) is 11.9 Å². The summed E-state index contributed by atoms with van der Waals surface area (Å²) in [6, 6.07) is 0. The second kappa shape index (κ2) is 9.56. The first-order chi connectivity index (χ1) is 9.28. The number of carbonyl (C=O) groups is 2. The van der Waals surface area contributed by atoms with Gasteiger partial charge in [-0.25, -0.2) is 4.79 Å². The van der Waals surface area contributed by atoms with E-state index < -0.39 is 11.6 Å². The fourth-order valence-electron chi connectivity index (χ4n) is 2.02. The SMILES string of the molecule is C=CC(=O)OC(C)(C)CCCCCCCC(C)C(=O)O. The Balaban J connectivity index is 3.59. The minimum atomic E-state index is -0.712. The zero-order chi connectivity index (χ0) is 15.6. The minimum Gasteiger partial charge on any atom is -0.481 e. The summed E-state index contributed by atoms with van der Waals surface area (Å²) in [7, 11) is 0. The number of carboxylic acid groups (broad SMARTS) is 1. The van der Waals surface area contributed by atoms with Crippen molar-refractivity contribution in [3.63, 3.8) is 0 Å². The van der Waals surface area contributed by atoms with E-state index in [1.807, 2.05) is 13.8 Å². The third kappa shape index (κ3) is 9.59. The van der Waals surface area contributed by atoms with Gasteiger partial charge in [-0.15, -0.1) is 0 Å². The maximum absolute atomic E-state index is 11.1. The van der Waals surface area contributed by atoms with Crippen LogP contribution < -0.4 is 0 Å². The van der Waals surface area contributed by atoms with E-state index >= 15 is 0 Å². The molecular weight excluding hydrogens is 256 g/mol. The maximum atomic E-state index is 11.1. The quantitative estimate of drug-likeness (QED) is 0.354. The molecule has 0 rings (SSSR count). The van der Waals surface area contributed by atoms with Gasteiger partial charge >= 0.3 is 11.9 Å². The molecule has 0 aliphatic carbocycles. The molecule has 0 heterocycles. The van der Waals surface area contributed by atoms with Gasteiger partial charge in [0.2, 0.25) is 0 Å². The van der Waals surface area contributed by atoms with Crippen LogP contribution in [0.4, 0.5) is 0 Å². The number of aliphatic carboxylic acids is 1. The van der Waals surface area contributed by atoms with Crippen LogP contribution in [0.5, 0.6) is 0 Å². The first-order valence-electron chi connectivity index (χ1n) is 7.36. The van der Waals surface area contributed by atoms with Gasteiger partial charge in [0, 0.05) is 6.08 Å². The van der Waals surface area contributed by atoms with Crippen molar-refractivity contribution in [2.45, 2.75) is 71.3 Å². The first kappa shape index (κ1) is 18.7. The molecule has 1 atom stereocenters. The summed E-state index contributed by atoms with van der Waals surface area (Å²) in [6.45, 7) is 8.95. The van der Waals surface area contributed by atoms with Gasteiger partial charge in [-0.3, -0.25) is 4.79 Å². The average molecular weight is 284 g/mol. The molecule has 0 aromatic heterocycles. The average Bonchev–Trinajstić information content (AvgIpc) is 2.36. The highest BCUT2D eigenvalue weighted by atomic mass is 16.6. The molecule has 0 bridgehead atoms. The van der Waals surface area contributed by atoms with E-state index in [0.29, 0.717) is 0 Å². The highest BCUT2D eigenvalue weighted by Gasteiger charge is 2.20. The van der Waals surface area contributed by atoms with Crippen molar-refractivity contribution < 1.29 is 19.4 Å². The molecule has 0 aliphatic heterocycles. The number of unbranched alkanes of at least 4 members (excludes halogenated alkanes) is 4. The molecule has 4 nitrogen and oxygen atoms in total. The van der Waals surface area contributed by atoms with Crippen molar-refractivity contribution in [1.82, 2.24) is 0 Å². The maximum Gasteiger partial charge on any atom is 0.330 e. The van der Waals surface area contributed by atoms with E-state index in [0.717, 1.165) is 44.9 Å². The molecule has 0 aromatic carbocycles. The lowest BCUT2D eigenvalue weighted by Gasteiger charge is -2.24. The molecule has 116 valence electrons. The zero-order valence-electron chi connectivity index (χ0n) is 13.0. The monoisotopic (exact) mass is 284 g/mol. The van der Waals surface area contributed by atoms with Crippen molar-refractivity contribution in [1.29, 1.82) is 0 Å². The smallest absolute Gasteiger partial charge is 0.330 e. The summed E-state index contributed by atoms with van der Waals surface area (Å²) in [6.07, 6.45) is 7.97. The van der Waals surface area contributed by atoms with Gasteiger partial charge in [-0.05, 0) is 33.1 Å². The molecule has 0 amide bonds. The topological polar surface area (TPSA) is 63.6 Å². The Morgan fingerprint density at radius 3 is 2.30 bits per heavy atom. The normalized spacial score (nSPS) is 12.8. The van der Waals surface area contributed by atoms with Crippen molar-refractivity contribution in [3.8, 4) is 0 Å². The Bertz CT molecular complexity index is 320. The van der Waals surface area contributed by atoms with E-state index in [4.69, 9.17) is 9.84 Å². The number of hydrogen-bond donors (Lipinski definition) is 1. The first-order valence-corrected chi connectivity index (χ1v) is 7.36. The highest BCUT2D eigenvalue weighted by Crippen LogP contribution is 2.20. The molecule has 0 saturated carbocycles. The number of esters is 1. The van der Waals surface area contributed by atoms with Crippen LogP contribution in [0.15, 0.2) is 12.7 Å². The van der Waals surface area contributed by atoms with Crippen LogP contribution in [0.1, 0.15) is 65.7 Å². The molecule has 0 fully saturated rings. The van der Waals surface area contributed by atoms with E-state index in [9.17, 15) is 9.59 Å². The lowest BCUT2D eigenvalue weighted by molar-refractivity contribution is -0.150.